The van der Waals surface area contributed by atoms with E-state index in [0.29, 0.717) is 31.5 Å². The molecule has 1 aromatic rings. The van der Waals surface area contributed by atoms with Crippen LogP contribution in [-0.2, 0) is 4.79 Å². The summed E-state index contributed by atoms with van der Waals surface area (Å²) in [5, 5.41) is 23.2. The summed E-state index contributed by atoms with van der Waals surface area (Å²) in [4.78, 5) is 26.3. The zero-order valence-corrected chi connectivity index (χ0v) is 14.7. The topological polar surface area (TPSA) is 94.8 Å². The first-order chi connectivity index (χ1) is 11.5. The van der Waals surface area contributed by atoms with Gasteiger partial charge in [0.15, 0.2) is 0 Å². The van der Waals surface area contributed by atoms with E-state index < -0.39 is 5.72 Å². The highest BCUT2D eigenvalue weighted by Crippen LogP contribution is 2.52. The van der Waals surface area contributed by atoms with E-state index in [9.17, 15) is 14.7 Å². The molecule has 130 valence electrons. The smallest absolute Gasteiger partial charge is 0.268 e. The first-order valence-corrected chi connectivity index (χ1v) is 9.08. The molecule has 4 atom stereocenters. The lowest BCUT2D eigenvalue weighted by Gasteiger charge is -2.33. The Labute approximate surface area is 147 Å². The maximum atomic E-state index is 12.4. The number of amides is 2. The minimum Gasteiger partial charge on any atom is -0.396 e. The number of unbranched alkanes of at least 4 members (excludes halogenated alkanes) is 1. The molecule has 2 fully saturated rings. The molecule has 2 amide bonds. The van der Waals surface area contributed by atoms with E-state index in [-0.39, 0.29) is 42.8 Å². The average Bonchev–Trinajstić information content (AvgIpc) is 3.12. The van der Waals surface area contributed by atoms with Gasteiger partial charge >= 0.3 is 0 Å². The number of aliphatic hydroxyl groups is 2. The molecule has 0 bridgehead atoms. The van der Waals surface area contributed by atoms with Crippen LogP contribution >= 0.6 is 15.9 Å². The number of fused-ring (bicyclic) bond motifs is 5. The van der Waals surface area contributed by atoms with E-state index in [4.69, 9.17) is 5.11 Å². The Morgan fingerprint density at radius 3 is 2.88 bits per heavy atom. The van der Waals surface area contributed by atoms with Crippen molar-refractivity contribution in [1.82, 2.24) is 14.8 Å². The summed E-state index contributed by atoms with van der Waals surface area (Å²) in [6, 6.07) is 3.26. The summed E-state index contributed by atoms with van der Waals surface area (Å²) >= 11 is 3.48. The van der Waals surface area contributed by atoms with Gasteiger partial charge in [-0.25, -0.2) is 0 Å². The molecule has 0 unspecified atom stereocenters. The van der Waals surface area contributed by atoms with Crippen molar-refractivity contribution in [2.24, 2.45) is 5.92 Å². The molecule has 3 aliphatic rings. The number of likely N-dealkylation sites (tertiary alicyclic amines) is 1. The van der Waals surface area contributed by atoms with Crippen LogP contribution in [0, 0.1) is 5.92 Å². The summed E-state index contributed by atoms with van der Waals surface area (Å²) in [7, 11) is 0. The van der Waals surface area contributed by atoms with Crippen molar-refractivity contribution in [3.63, 3.8) is 0 Å². The molecule has 2 aliphatic heterocycles. The molecule has 0 radical (unpaired) electrons. The Morgan fingerprint density at radius 2 is 2.12 bits per heavy atom. The predicted molar refractivity (Wildman–Crippen MR) is 88.1 cm³/mol. The Hall–Kier alpha value is -1.38. The first-order valence-electron chi connectivity index (χ1n) is 8.28. The fourth-order valence-corrected chi connectivity index (χ4v) is 5.16. The maximum Gasteiger partial charge on any atom is 0.268 e. The monoisotopic (exact) mass is 397 g/mol. The van der Waals surface area contributed by atoms with E-state index >= 15 is 0 Å². The SMILES string of the molecule is O=C1N[C@@H]2[C@@H](C[C@]3(O)[C@H]2CC(=O)N3CCCCO)n2c(Br)ccc21. The second kappa shape index (κ2) is 5.57. The van der Waals surface area contributed by atoms with Gasteiger partial charge in [-0.2, -0.15) is 0 Å². The lowest BCUT2D eigenvalue weighted by molar-refractivity contribution is -0.148. The van der Waals surface area contributed by atoms with Gasteiger partial charge in [-0.3, -0.25) is 9.59 Å². The molecule has 4 rings (SSSR count). The Balaban J connectivity index is 1.66. The van der Waals surface area contributed by atoms with E-state index in [1.807, 2.05) is 10.6 Å². The largest absolute Gasteiger partial charge is 0.396 e. The summed E-state index contributed by atoms with van der Waals surface area (Å²) in [6.45, 7) is 0.504. The van der Waals surface area contributed by atoms with Gasteiger partial charge in [0.1, 0.15) is 11.4 Å². The van der Waals surface area contributed by atoms with Crippen molar-refractivity contribution in [3.05, 3.63) is 22.4 Å². The number of aliphatic hydroxyl groups excluding tert-OH is 1. The number of carbonyl (C=O) groups is 2. The third kappa shape index (κ3) is 2.09. The minimum absolute atomic E-state index is 0.0743. The molecule has 1 saturated heterocycles. The molecule has 24 heavy (non-hydrogen) atoms. The fourth-order valence-electron chi connectivity index (χ4n) is 4.58. The van der Waals surface area contributed by atoms with Crippen molar-refractivity contribution in [3.8, 4) is 0 Å². The van der Waals surface area contributed by atoms with Crippen LogP contribution in [0.5, 0.6) is 0 Å². The van der Waals surface area contributed by atoms with Gasteiger partial charge in [-0.15, -0.1) is 0 Å². The Bertz CT molecular complexity index is 705. The number of hydrogen-bond acceptors (Lipinski definition) is 4. The third-order valence-corrected chi connectivity index (χ3v) is 6.28. The molecule has 3 heterocycles. The van der Waals surface area contributed by atoms with Crippen LogP contribution in [0.4, 0.5) is 0 Å². The Morgan fingerprint density at radius 1 is 1.33 bits per heavy atom. The molecule has 3 N–H and O–H groups in total. The second-order valence-corrected chi connectivity index (χ2v) is 7.66. The summed E-state index contributed by atoms with van der Waals surface area (Å²) in [5.41, 5.74) is -0.662. The maximum absolute atomic E-state index is 12.4. The fraction of sp³-hybridized carbons (Fsp3) is 0.625. The number of rotatable bonds is 4. The van der Waals surface area contributed by atoms with Crippen molar-refractivity contribution >= 4 is 27.7 Å². The average molecular weight is 398 g/mol. The number of carbonyl (C=O) groups excluding carboxylic acids is 2. The van der Waals surface area contributed by atoms with Crippen LogP contribution in [-0.4, -0.2) is 56.4 Å². The van der Waals surface area contributed by atoms with Crippen molar-refractivity contribution in [2.45, 2.75) is 43.5 Å². The highest BCUT2D eigenvalue weighted by Gasteiger charge is 2.63. The number of nitrogens with zero attached hydrogens (tertiary/aromatic N) is 2. The predicted octanol–water partition coefficient (Wildman–Crippen LogP) is 0.617. The highest BCUT2D eigenvalue weighted by atomic mass is 79.9. The summed E-state index contributed by atoms with van der Waals surface area (Å²) < 4.78 is 2.74. The van der Waals surface area contributed by atoms with Crippen LogP contribution in [0.15, 0.2) is 16.7 Å². The van der Waals surface area contributed by atoms with Gasteiger partial charge in [0.2, 0.25) is 5.91 Å². The van der Waals surface area contributed by atoms with Gasteiger partial charge in [-0.1, -0.05) is 0 Å². The first kappa shape index (κ1) is 16.1. The molecule has 0 spiro atoms. The molecule has 7 nitrogen and oxygen atoms in total. The van der Waals surface area contributed by atoms with Crippen LogP contribution in [0.2, 0.25) is 0 Å². The summed E-state index contributed by atoms with van der Waals surface area (Å²) in [5.74, 6) is -0.557. The molecular weight excluding hydrogens is 378 g/mol. The van der Waals surface area contributed by atoms with Gasteiger partial charge in [0.05, 0.1) is 16.7 Å². The Kier molecular flexibility index (Phi) is 3.74. The zero-order valence-electron chi connectivity index (χ0n) is 13.1. The molecule has 1 saturated carbocycles. The lowest BCUT2D eigenvalue weighted by atomic mass is 9.95. The lowest BCUT2D eigenvalue weighted by Crippen LogP contribution is -2.50. The van der Waals surface area contributed by atoms with Crippen LogP contribution < -0.4 is 5.32 Å². The quantitative estimate of drug-likeness (QED) is 0.648. The molecule has 1 aromatic heterocycles. The molecule has 1 aliphatic carbocycles. The van der Waals surface area contributed by atoms with Gasteiger partial charge in [-0.05, 0) is 40.9 Å². The van der Waals surface area contributed by atoms with E-state index in [1.165, 1.54) is 0 Å². The van der Waals surface area contributed by atoms with Crippen LogP contribution in [0.1, 0.15) is 42.2 Å². The van der Waals surface area contributed by atoms with E-state index in [2.05, 4.69) is 21.2 Å². The molecule has 8 heteroatoms. The van der Waals surface area contributed by atoms with E-state index in [1.54, 1.807) is 11.0 Å². The third-order valence-electron chi connectivity index (χ3n) is 5.63. The number of halogens is 1. The standard InChI is InChI=1S/C16H20BrN3O4/c17-12-4-3-10-15(23)18-14-9-7-13(22)19(5-1-2-6-21)16(9,24)8-11(14)20(10)12/h3-4,9,11,14,21,24H,1-2,5-8H2,(H,18,23)/t9-,11+,14-,16-/m0/s1. The zero-order chi connectivity index (χ0) is 17.1. The second-order valence-electron chi connectivity index (χ2n) is 6.85. The summed E-state index contributed by atoms with van der Waals surface area (Å²) in [6.07, 6.45) is 1.89. The van der Waals surface area contributed by atoms with Crippen molar-refractivity contribution < 1.29 is 19.8 Å². The molecular formula is C16H20BrN3O4. The van der Waals surface area contributed by atoms with Crippen molar-refractivity contribution in [2.75, 3.05) is 13.2 Å². The normalized spacial score (nSPS) is 34.1. The van der Waals surface area contributed by atoms with E-state index in [0.717, 1.165) is 4.60 Å². The number of hydrogen-bond donors (Lipinski definition) is 3. The van der Waals surface area contributed by atoms with Gasteiger partial charge in [0, 0.05) is 31.9 Å². The highest BCUT2D eigenvalue weighted by molar-refractivity contribution is 9.10. The van der Waals surface area contributed by atoms with Gasteiger partial charge in [0.25, 0.3) is 5.91 Å². The molecule has 0 aromatic carbocycles. The van der Waals surface area contributed by atoms with Crippen LogP contribution in [0.3, 0.4) is 0 Å². The minimum atomic E-state index is -1.24. The van der Waals surface area contributed by atoms with Gasteiger partial charge < -0.3 is 25.0 Å². The number of nitrogens with one attached hydrogen (secondary N) is 1. The number of aromatic nitrogens is 1. The van der Waals surface area contributed by atoms with Crippen LogP contribution in [0.25, 0.3) is 0 Å². The van der Waals surface area contributed by atoms with Crippen molar-refractivity contribution in [1.29, 1.82) is 0 Å².